The standard InChI is InChI=1S/C15H32O4Si2/c1-8-11-13-20(16-4,17-5)15(10-3)21(18-6,19-7)14-12-9-2/h8-9,11-12,15H,10,13-14H2,1-7H3. The van der Waals surface area contributed by atoms with E-state index in [2.05, 4.69) is 19.1 Å². The summed E-state index contributed by atoms with van der Waals surface area (Å²) in [7, 11) is 2.15. The zero-order valence-corrected chi connectivity index (χ0v) is 16.6. The SMILES string of the molecule is CC=CC[Si](OC)(OC)C(CC)[Si](CC=CC)(OC)OC. The third-order valence-corrected chi connectivity index (χ3v) is 14.1. The number of hydrogen-bond acceptors (Lipinski definition) is 4. The van der Waals surface area contributed by atoms with Crippen molar-refractivity contribution in [2.75, 3.05) is 28.4 Å². The molecule has 0 bridgehead atoms. The van der Waals surface area contributed by atoms with E-state index in [4.69, 9.17) is 17.7 Å². The van der Waals surface area contributed by atoms with Crippen molar-refractivity contribution < 1.29 is 17.7 Å². The van der Waals surface area contributed by atoms with Gasteiger partial charge in [0.25, 0.3) is 0 Å². The van der Waals surface area contributed by atoms with Crippen molar-refractivity contribution in [3.05, 3.63) is 24.3 Å². The predicted octanol–water partition coefficient (Wildman–Crippen LogP) is 3.93. The van der Waals surface area contributed by atoms with E-state index >= 15 is 0 Å². The minimum absolute atomic E-state index is 0.197. The van der Waals surface area contributed by atoms with Crippen molar-refractivity contribution >= 4 is 17.1 Å². The second kappa shape index (κ2) is 10.5. The monoisotopic (exact) mass is 332 g/mol. The van der Waals surface area contributed by atoms with E-state index in [1.807, 2.05) is 26.0 Å². The van der Waals surface area contributed by atoms with Crippen molar-refractivity contribution in [1.29, 1.82) is 0 Å². The Balaban J connectivity index is 5.73. The molecule has 0 aliphatic heterocycles. The molecule has 0 heterocycles. The fourth-order valence-electron chi connectivity index (χ4n) is 2.87. The van der Waals surface area contributed by atoms with Crippen LogP contribution in [-0.2, 0) is 17.7 Å². The van der Waals surface area contributed by atoms with Gasteiger partial charge in [-0.15, -0.1) is 0 Å². The van der Waals surface area contributed by atoms with Gasteiger partial charge in [0, 0.05) is 45.7 Å². The van der Waals surface area contributed by atoms with Crippen LogP contribution in [0.5, 0.6) is 0 Å². The molecule has 0 amide bonds. The fraction of sp³-hybridized carbons (Fsp3) is 0.733. The molecular formula is C15H32O4Si2. The van der Waals surface area contributed by atoms with Crippen LogP contribution in [0.4, 0.5) is 0 Å². The van der Waals surface area contributed by atoms with Gasteiger partial charge in [0.1, 0.15) is 0 Å². The van der Waals surface area contributed by atoms with Crippen molar-refractivity contribution in [2.45, 2.75) is 44.4 Å². The van der Waals surface area contributed by atoms with Crippen LogP contribution >= 0.6 is 0 Å². The highest BCUT2D eigenvalue weighted by atomic mass is 28.4. The Morgan fingerprint density at radius 2 is 1.10 bits per heavy atom. The van der Waals surface area contributed by atoms with Gasteiger partial charge >= 0.3 is 17.1 Å². The average molecular weight is 333 g/mol. The quantitative estimate of drug-likeness (QED) is 0.424. The van der Waals surface area contributed by atoms with Crippen LogP contribution in [0.1, 0.15) is 27.2 Å². The highest BCUT2D eigenvalue weighted by Gasteiger charge is 2.57. The van der Waals surface area contributed by atoms with Crippen LogP contribution in [0.2, 0.25) is 17.3 Å². The van der Waals surface area contributed by atoms with Gasteiger partial charge in [0.05, 0.1) is 0 Å². The predicted molar refractivity (Wildman–Crippen MR) is 92.8 cm³/mol. The van der Waals surface area contributed by atoms with Gasteiger partial charge < -0.3 is 17.7 Å². The fourth-order valence-corrected chi connectivity index (χ4v) is 12.8. The molecule has 0 fully saturated rings. The molecule has 0 spiro atoms. The van der Waals surface area contributed by atoms with Crippen LogP contribution < -0.4 is 0 Å². The molecule has 0 aromatic heterocycles. The molecule has 0 atom stereocenters. The van der Waals surface area contributed by atoms with Crippen molar-refractivity contribution in [3.63, 3.8) is 0 Å². The van der Waals surface area contributed by atoms with Crippen LogP contribution in [0.25, 0.3) is 0 Å². The van der Waals surface area contributed by atoms with Crippen LogP contribution in [0, 0.1) is 0 Å². The zero-order chi connectivity index (χ0) is 16.4. The first kappa shape index (κ1) is 20.8. The number of hydrogen-bond donors (Lipinski definition) is 0. The minimum atomic E-state index is -2.43. The lowest BCUT2D eigenvalue weighted by Crippen LogP contribution is -2.59. The molecule has 0 aromatic rings. The van der Waals surface area contributed by atoms with Gasteiger partial charge in [-0.25, -0.2) is 0 Å². The van der Waals surface area contributed by atoms with Gasteiger partial charge in [-0.3, -0.25) is 0 Å². The van der Waals surface area contributed by atoms with Crippen molar-refractivity contribution in [2.24, 2.45) is 0 Å². The third kappa shape index (κ3) is 4.87. The van der Waals surface area contributed by atoms with Gasteiger partial charge in [0.2, 0.25) is 0 Å². The van der Waals surface area contributed by atoms with Crippen molar-refractivity contribution in [3.8, 4) is 0 Å². The second-order valence-corrected chi connectivity index (χ2v) is 12.6. The van der Waals surface area contributed by atoms with Gasteiger partial charge in [-0.05, 0) is 20.3 Å². The summed E-state index contributed by atoms with van der Waals surface area (Å²) < 4.78 is 23.8. The normalized spacial score (nSPS) is 15.2. The molecule has 0 aliphatic carbocycles. The Hall–Kier alpha value is -0.246. The number of allylic oxidation sites excluding steroid dienone is 4. The number of rotatable bonds is 11. The first-order chi connectivity index (χ1) is 10.1. The molecule has 124 valence electrons. The summed E-state index contributed by atoms with van der Waals surface area (Å²) in [6.45, 7) is 6.20. The third-order valence-electron chi connectivity index (χ3n) is 4.13. The maximum absolute atomic E-state index is 5.95. The average Bonchev–Trinajstić information content (AvgIpc) is 2.54. The second-order valence-electron chi connectivity index (χ2n) is 4.95. The lowest BCUT2D eigenvalue weighted by molar-refractivity contribution is 0.203. The van der Waals surface area contributed by atoms with E-state index in [9.17, 15) is 0 Å². The summed E-state index contributed by atoms with van der Waals surface area (Å²) in [6, 6.07) is 1.62. The van der Waals surface area contributed by atoms with E-state index in [0.717, 1.165) is 18.5 Å². The van der Waals surface area contributed by atoms with E-state index in [1.54, 1.807) is 28.4 Å². The van der Waals surface area contributed by atoms with Crippen LogP contribution in [0.15, 0.2) is 24.3 Å². The largest absolute Gasteiger partial charge is 0.397 e. The molecule has 0 saturated carbocycles. The van der Waals surface area contributed by atoms with E-state index in [-0.39, 0.29) is 5.16 Å². The van der Waals surface area contributed by atoms with E-state index in [0.29, 0.717) is 0 Å². The maximum atomic E-state index is 5.95. The summed E-state index contributed by atoms with van der Waals surface area (Å²) in [5.74, 6) is 0. The topological polar surface area (TPSA) is 36.9 Å². The Morgan fingerprint density at radius 3 is 1.29 bits per heavy atom. The Bertz CT molecular complexity index is 294. The molecule has 0 aromatic carbocycles. The summed E-state index contributed by atoms with van der Waals surface area (Å²) in [6.07, 6.45) is 9.27. The molecule has 0 radical (unpaired) electrons. The van der Waals surface area contributed by atoms with Gasteiger partial charge in [0.15, 0.2) is 0 Å². The smallest absolute Gasteiger partial charge is 0.346 e. The molecule has 0 saturated heterocycles. The lowest BCUT2D eigenvalue weighted by atomic mass is 10.6. The van der Waals surface area contributed by atoms with Crippen molar-refractivity contribution in [1.82, 2.24) is 0 Å². The van der Waals surface area contributed by atoms with Crippen LogP contribution in [0.3, 0.4) is 0 Å². The Labute approximate surface area is 132 Å². The molecule has 4 nitrogen and oxygen atoms in total. The molecule has 0 aliphatic rings. The minimum Gasteiger partial charge on any atom is -0.397 e. The molecule has 0 unspecified atom stereocenters. The van der Waals surface area contributed by atoms with Crippen LogP contribution in [-0.4, -0.2) is 45.6 Å². The summed E-state index contributed by atoms with van der Waals surface area (Å²) in [5, 5.41) is 0.197. The van der Waals surface area contributed by atoms with E-state index in [1.165, 1.54) is 0 Å². The molecule has 0 N–H and O–H groups in total. The first-order valence-corrected chi connectivity index (χ1v) is 11.7. The highest BCUT2D eigenvalue weighted by Crippen LogP contribution is 2.41. The zero-order valence-electron chi connectivity index (χ0n) is 14.6. The summed E-state index contributed by atoms with van der Waals surface area (Å²) in [5.41, 5.74) is 0. The molecule has 6 heteroatoms. The lowest BCUT2D eigenvalue weighted by Gasteiger charge is -2.42. The summed E-state index contributed by atoms with van der Waals surface area (Å²) >= 11 is 0. The Kier molecular flexibility index (Phi) is 10.4. The van der Waals surface area contributed by atoms with Gasteiger partial charge in [-0.1, -0.05) is 31.2 Å². The Morgan fingerprint density at radius 1 is 0.762 bits per heavy atom. The molecular weight excluding hydrogens is 300 g/mol. The maximum Gasteiger partial charge on any atom is 0.346 e. The summed E-state index contributed by atoms with van der Waals surface area (Å²) in [4.78, 5) is 0. The highest BCUT2D eigenvalue weighted by molar-refractivity contribution is 6.88. The van der Waals surface area contributed by atoms with E-state index < -0.39 is 17.1 Å². The van der Waals surface area contributed by atoms with Gasteiger partial charge in [-0.2, -0.15) is 0 Å². The first-order valence-electron chi connectivity index (χ1n) is 7.49. The molecule has 21 heavy (non-hydrogen) atoms. The molecule has 0 rings (SSSR count).